The highest BCUT2D eigenvalue weighted by atomic mass is 32.2. The van der Waals surface area contributed by atoms with E-state index in [9.17, 15) is 9.18 Å². The van der Waals surface area contributed by atoms with Crippen molar-refractivity contribution in [1.82, 2.24) is 15.1 Å². The van der Waals surface area contributed by atoms with Gasteiger partial charge in [0.15, 0.2) is 4.34 Å². The number of rotatable bonds is 7. The van der Waals surface area contributed by atoms with Crippen LogP contribution in [-0.2, 0) is 11.3 Å². The molecular weight excluding hydrogens is 371 g/mol. The van der Waals surface area contributed by atoms with Crippen molar-refractivity contribution in [1.29, 1.82) is 0 Å². The van der Waals surface area contributed by atoms with Gasteiger partial charge in [0.2, 0.25) is 11.0 Å². The number of carbonyl (C=O) groups excluding carboxylic acids is 1. The fourth-order valence-corrected chi connectivity index (χ4v) is 4.71. The lowest BCUT2D eigenvalue weighted by molar-refractivity contribution is -0.132. The van der Waals surface area contributed by atoms with Gasteiger partial charge in [-0.2, -0.15) is 0 Å². The van der Waals surface area contributed by atoms with Gasteiger partial charge < -0.3 is 10.2 Å². The molecule has 2 heterocycles. The highest BCUT2D eigenvalue weighted by Gasteiger charge is 2.25. The van der Waals surface area contributed by atoms with E-state index in [1.54, 1.807) is 12.1 Å². The van der Waals surface area contributed by atoms with Gasteiger partial charge in [0.05, 0.1) is 5.75 Å². The van der Waals surface area contributed by atoms with Crippen LogP contribution >= 0.6 is 23.1 Å². The van der Waals surface area contributed by atoms with Gasteiger partial charge in [-0.3, -0.25) is 4.79 Å². The van der Waals surface area contributed by atoms with Crippen LogP contribution in [0.1, 0.15) is 38.2 Å². The van der Waals surface area contributed by atoms with Crippen molar-refractivity contribution in [2.45, 2.75) is 49.5 Å². The first-order chi connectivity index (χ1) is 12.7. The molecule has 1 unspecified atom stereocenters. The molecule has 0 radical (unpaired) electrons. The molecule has 0 aliphatic carbocycles. The number of aromatic nitrogens is 2. The van der Waals surface area contributed by atoms with Gasteiger partial charge in [0, 0.05) is 19.1 Å². The average Bonchev–Trinajstić information content (AvgIpc) is 3.13. The second-order valence-electron chi connectivity index (χ2n) is 6.29. The maximum atomic E-state index is 12.9. The molecule has 1 saturated heterocycles. The van der Waals surface area contributed by atoms with Gasteiger partial charge in [-0.15, -0.1) is 10.2 Å². The zero-order valence-corrected chi connectivity index (χ0v) is 16.4. The van der Waals surface area contributed by atoms with Crippen LogP contribution in [0.25, 0.3) is 0 Å². The van der Waals surface area contributed by atoms with E-state index >= 15 is 0 Å². The summed E-state index contributed by atoms with van der Waals surface area (Å²) in [6.07, 6.45) is 4.45. The van der Waals surface area contributed by atoms with E-state index in [0.29, 0.717) is 23.5 Å². The highest BCUT2D eigenvalue weighted by molar-refractivity contribution is 8.01. The molecule has 26 heavy (non-hydrogen) atoms. The Morgan fingerprint density at radius 3 is 2.92 bits per heavy atom. The number of benzene rings is 1. The maximum absolute atomic E-state index is 12.9. The molecule has 1 N–H and O–H groups in total. The van der Waals surface area contributed by atoms with Crippen molar-refractivity contribution in [3.8, 4) is 0 Å². The molecule has 3 rings (SSSR count). The Labute approximate surface area is 161 Å². The smallest absolute Gasteiger partial charge is 0.233 e. The molecule has 1 atom stereocenters. The summed E-state index contributed by atoms with van der Waals surface area (Å²) >= 11 is 2.88. The van der Waals surface area contributed by atoms with Crippen molar-refractivity contribution in [3.63, 3.8) is 0 Å². The number of nitrogens with one attached hydrogen (secondary N) is 1. The number of piperidine rings is 1. The summed E-state index contributed by atoms with van der Waals surface area (Å²) in [7, 11) is 0. The number of thioether (sulfide) groups is 1. The Morgan fingerprint density at radius 2 is 2.15 bits per heavy atom. The van der Waals surface area contributed by atoms with Crippen LogP contribution in [0.2, 0.25) is 0 Å². The van der Waals surface area contributed by atoms with Crippen LogP contribution in [0.4, 0.5) is 9.52 Å². The number of amides is 1. The van der Waals surface area contributed by atoms with Gasteiger partial charge in [-0.1, -0.05) is 42.2 Å². The first-order valence-corrected chi connectivity index (χ1v) is 10.7. The topological polar surface area (TPSA) is 58.1 Å². The first-order valence-electron chi connectivity index (χ1n) is 8.90. The number of carbonyl (C=O) groups is 1. The van der Waals surface area contributed by atoms with E-state index in [4.69, 9.17) is 0 Å². The molecule has 0 bridgehead atoms. The standard InChI is InChI=1S/C18H23FN4OS2/c1-2-15-5-3-4-10-23(15)16(24)12-25-18-22-21-17(26-18)20-11-13-6-8-14(19)9-7-13/h6-9,15H,2-5,10-12H2,1H3,(H,20,21). The van der Waals surface area contributed by atoms with Crippen molar-refractivity contribution < 1.29 is 9.18 Å². The fraction of sp³-hybridized carbons (Fsp3) is 0.500. The van der Waals surface area contributed by atoms with Crippen LogP contribution < -0.4 is 5.32 Å². The Morgan fingerprint density at radius 1 is 1.35 bits per heavy atom. The Balaban J connectivity index is 1.47. The molecule has 1 aliphatic rings. The van der Waals surface area contributed by atoms with E-state index in [0.717, 1.165) is 35.7 Å². The average molecular weight is 395 g/mol. The molecule has 1 fully saturated rings. The number of hydrogen-bond acceptors (Lipinski definition) is 6. The largest absolute Gasteiger partial charge is 0.356 e. The monoisotopic (exact) mass is 394 g/mol. The summed E-state index contributed by atoms with van der Waals surface area (Å²) in [5, 5.41) is 12.1. The third-order valence-corrected chi connectivity index (χ3v) is 6.50. The van der Waals surface area contributed by atoms with Crippen LogP contribution in [0.15, 0.2) is 28.6 Å². The summed E-state index contributed by atoms with van der Waals surface area (Å²) in [5.41, 5.74) is 0.974. The molecule has 5 nitrogen and oxygen atoms in total. The lowest BCUT2D eigenvalue weighted by atomic mass is 10.0. The minimum atomic E-state index is -0.243. The molecule has 1 aromatic heterocycles. The van der Waals surface area contributed by atoms with Crippen molar-refractivity contribution in [3.05, 3.63) is 35.6 Å². The minimum Gasteiger partial charge on any atom is -0.356 e. The normalized spacial score (nSPS) is 17.3. The summed E-state index contributed by atoms with van der Waals surface area (Å²) in [6.45, 7) is 3.58. The predicted molar refractivity (Wildman–Crippen MR) is 104 cm³/mol. The van der Waals surface area contributed by atoms with E-state index < -0.39 is 0 Å². The third-order valence-electron chi connectivity index (χ3n) is 4.50. The maximum Gasteiger partial charge on any atom is 0.233 e. The van der Waals surface area contributed by atoms with E-state index in [1.807, 2.05) is 4.90 Å². The molecule has 140 valence electrons. The van der Waals surface area contributed by atoms with E-state index in [2.05, 4.69) is 22.4 Å². The highest BCUT2D eigenvalue weighted by Crippen LogP contribution is 2.27. The Kier molecular flexibility index (Phi) is 6.85. The predicted octanol–water partition coefficient (Wildman–Crippen LogP) is 4.17. The first kappa shape index (κ1) is 19.1. The number of halogens is 1. The summed E-state index contributed by atoms with van der Waals surface area (Å²) < 4.78 is 13.7. The molecule has 0 saturated carbocycles. The van der Waals surface area contributed by atoms with Crippen molar-refractivity contribution >= 4 is 34.1 Å². The molecule has 1 aliphatic heterocycles. The molecule has 1 aromatic carbocycles. The van der Waals surface area contributed by atoms with Gasteiger partial charge in [0.25, 0.3) is 0 Å². The summed E-state index contributed by atoms with van der Waals surface area (Å²) in [4.78, 5) is 14.5. The fourth-order valence-electron chi connectivity index (χ4n) is 3.08. The SMILES string of the molecule is CCC1CCCCN1C(=O)CSc1nnc(NCc2ccc(F)cc2)s1. The summed E-state index contributed by atoms with van der Waals surface area (Å²) in [6, 6.07) is 6.74. The molecule has 2 aromatic rings. The Bertz CT molecular complexity index is 722. The van der Waals surface area contributed by atoms with Crippen LogP contribution in [0, 0.1) is 5.82 Å². The number of likely N-dealkylation sites (tertiary alicyclic amines) is 1. The number of nitrogens with zero attached hydrogens (tertiary/aromatic N) is 3. The van der Waals surface area contributed by atoms with Crippen LogP contribution in [0.5, 0.6) is 0 Å². The zero-order valence-electron chi connectivity index (χ0n) is 14.8. The zero-order chi connectivity index (χ0) is 18.4. The third kappa shape index (κ3) is 5.17. The van der Waals surface area contributed by atoms with E-state index in [1.165, 1.54) is 41.7 Å². The second kappa shape index (κ2) is 9.32. The molecule has 0 spiro atoms. The van der Waals surface area contributed by atoms with Crippen molar-refractivity contribution in [2.75, 3.05) is 17.6 Å². The quantitative estimate of drug-likeness (QED) is 0.714. The van der Waals surface area contributed by atoms with Crippen LogP contribution in [0.3, 0.4) is 0 Å². The van der Waals surface area contributed by atoms with E-state index in [-0.39, 0.29) is 11.7 Å². The minimum absolute atomic E-state index is 0.192. The molecular formula is C18H23FN4OS2. The second-order valence-corrected chi connectivity index (χ2v) is 8.49. The van der Waals surface area contributed by atoms with Gasteiger partial charge in [-0.25, -0.2) is 4.39 Å². The lowest BCUT2D eigenvalue weighted by Gasteiger charge is -2.35. The lowest BCUT2D eigenvalue weighted by Crippen LogP contribution is -2.44. The molecule has 8 heteroatoms. The number of anilines is 1. The van der Waals surface area contributed by atoms with Gasteiger partial charge >= 0.3 is 0 Å². The molecule has 1 amide bonds. The van der Waals surface area contributed by atoms with Gasteiger partial charge in [0.1, 0.15) is 5.82 Å². The van der Waals surface area contributed by atoms with Crippen molar-refractivity contribution in [2.24, 2.45) is 0 Å². The van der Waals surface area contributed by atoms with Crippen LogP contribution in [-0.4, -0.2) is 39.3 Å². The van der Waals surface area contributed by atoms with Gasteiger partial charge in [-0.05, 0) is 43.4 Å². The summed E-state index contributed by atoms with van der Waals surface area (Å²) in [5.74, 6) is 0.355. The Hall–Kier alpha value is -1.67. The number of hydrogen-bond donors (Lipinski definition) is 1.